The van der Waals surface area contributed by atoms with Crippen molar-refractivity contribution in [1.29, 1.82) is 0 Å². The van der Waals surface area contributed by atoms with Gasteiger partial charge in [0.15, 0.2) is 5.96 Å². The van der Waals surface area contributed by atoms with Crippen LogP contribution in [0.3, 0.4) is 0 Å². The zero-order valence-electron chi connectivity index (χ0n) is 19.6. The van der Waals surface area contributed by atoms with Crippen LogP contribution in [0, 0.1) is 23.7 Å². The van der Waals surface area contributed by atoms with Crippen LogP contribution in [0.4, 0.5) is 4.79 Å². The number of carbonyl (C=O) groups excluding carboxylic acids is 3. The summed E-state index contributed by atoms with van der Waals surface area (Å²) in [6, 6.07) is 0. The molecule has 0 spiro atoms. The van der Waals surface area contributed by atoms with Crippen LogP contribution in [0.5, 0.6) is 0 Å². The Bertz CT molecular complexity index is 749. The van der Waals surface area contributed by atoms with E-state index < -0.39 is 5.60 Å². The number of hydrogen-bond acceptors (Lipinski definition) is 5. The molecular formula is C22H36IN5O4. The van der Waals surface area contributed by atoms with Crippen LogP contribution in [-0.2, 0) is 14.3 Å². The number of allylic oxidation sites excluding steroid dienone is 2. The van der Waals surface area contributed by atoms with Gasteiger partial charge in [-0.05, 0) is 46.0 Å². The lowest BCUT2D eigenvalue weighted by Crippen LogP contribution is -2.43. The van der Waals surface area contributed by atoms with Crippen LogP contribution in [0.2, 0.25) is 0 Å². The van der Waals surface area contributed by atoms with Crippen molar-refractivity contribution in [3.63, 3.8) is 0 Å². The van der Waals surface area contributed by atoms with E-state index in [9.17, 15) is 14.4 Å². The van der Waals surface area contributed by atoms with Gasteiger partial charge in [0.05, 0.1) is 18.4 Å². The van der Waals surface area contributed by atoms with E-state index >= 15 is 0 Å². The standard InChI is InChI=1S/C22H35N5O4.HI/c1-6-23-20(24-9-11-26(5)21(30)31-22(2,3)4)25-10-12-27-18(28)16-14-7-8-15(13-14)17(16)19(27)29;/h7-8,14-17H,6,9-13H2,1-5H3,(H2,23,24,25);1H. The Morgan fingerprint density at radius 1 is 1.19 bits per heavy atom. The molecule has 180 valence electrons. The van der Waals surface area contributed by atoms with Gasteiger partial charge < -0.3 is 20.3 Å². The van der Waals surface area contributed by atoms with Crippen molar-refractivity contribution >= 4 is 47.8 Å². The molecule has 32 heavy (non-hydrogen) atoms. The SMILES string of the molecule is CCNC(=NCCN1C(=O)C2C3C=CC(C3)C2C1=O)NCCN(C)C(=O)OC(C)(C)C.I. The fourth-order valence-corrected chi connectivity index (χ4v) is 4.56. The monoisotopic (exact) mass is 561 g/mol. The molecule has 2 bridgehead atoms. The smallest absolute Gasteiger partial charge is 0.410 e. The molecule has 4 atom stereocenters. The topological polar surface area (TPSA) is 103 Å². The number of hydrogen-bond donors (Lipinski definition) is 2. The van der Waals surface area contributed by atoms with E-state index in [1.54, 1.807) is 7.05 Å². The van der Waals surface area contributed by atoms with Crippen LogP contribution in [0.1, 0.15) is 34.1 Å². The fourth-order valence-electron chi connectivity index (χ4n) is 4.56. The number of likely N-dealkylation sites (N-methyl/N-ethyl adjacent to an activating group) is 1. The molecule has 2 aliphatic carbocycles. The summed E-state index contributed by atoms with van der Waals surface area (Å²) in [7, 11) is 1.68. The lowest BCUT2D eigenvalue weighted by Gasteiger charge is -2.25. The first-order chi connectivity index (χ1) is 14.6. The number of ether oxygens (including phenoxy) is 1. The molecule has 1 saturated carbocycles. The second-order valence-corrected chi connectivity index (χ2v) is 9.42. The van der Waals surface area contributed by atoms with E-state index in [4.69, 9.17) is 4.74 Å². The minimum Gasteiger partial charge on any atom is -0.444 e. The van der Waals surface area contributed by atoms with Crippen molar-refractivity contribution in [2.75, 3.05) is 39.8 Å². The Morgan fingerprint density at radius 2 is 1.78 bits per heavy atom. The highest BCUT2D eigenvalue weighted by molar-refractivity contribution is 14.0. The number of aliphatic imine (C=N–C) groups is 1. The molecule has 9 nitrogen and oxygen atoms in total. The molecule has 3 amide bonds. The number of amides is 3. The minimum atomic E-state index is -0.534. The van der Waals surface area contributed by atoms with Crippen molar-refractivity contribution in [1.82, 2.24) is 20.4 Å². The van der Waals surface area contributed by atoms with Gasteiger partial charge in [-0.1, -0.05) is 12.2 Å². The number of carbonyl (C=O) groups is 3. The van der Waals surface area contributed by atoms with E-state index in [0.717, 1.165) is 6.42 Å². The lowest BCUT2D eigenvalue weighted by molar-refractivity contribution is -0.140. The largest absolute Gasteiger partial charge is 0.444 e. The van der Waals surface area contributed by atoms with Gasteiger partial charge in [0.2, 0.25) is 11.8 Å². The summed E-state index contributed by atoms with van der Waals surface area (Å²) < 4.78 is 5.34. The minimum absolute atomic E-state index is 0. The molecule has 2 fully saturated rings. The van der Waals surface area contributed by atoms with E-state index in [-0.39, 0.29) is 65.6 Å². The Hall–Kier alpha value is -1.85. The number of likely N-dealkylation sites (tertiary alicyclic amines) is 1. The quantitative estimate of drug-likeness (QED) is 0.162. The van der Waals surface area contributed by atoms with Crippen LogP contribution in [0.15, 0.2) is 17.1 Å². The lowest BCUT2D eigenvalue weighted by atomic mass is 9.85. The maximum atomic E-state index is 12.7. The zero-order valence-corrected chi connectivity index (χ0v) is 21.9. The number of nitrogens with one attached hydrogen (secondary N) is 2. The molecule has 0 aromatic rings. The van der Waals surface area contributed by atoms with E-state index in [1.165, 1.54) is 9.80 Å². The predicted molar refractivity (Wildman–Crippen MR) is 133 cm³/mol. The number of guanidine groups is 1. The fraction of sp³-hybridized carbons (Fsp3) is 0.727. The third-order valence-electron chi connectivity index (χ3n) is 5.94. The summed E-state index contributed by atoms with van der Waals surface area (Å²) in [5.41, 5.74) is -0.534. The molecule has 10 heteroatoms. The average molecular weight is 561 g/mol. The number of imide groups is 1. The van der Waals surface area contributed by atoms with E-state index in [0.29, 0.717) is 38.7 Å². The second-order valence-electron chi connectivity index (χ2n) is 9.42. The van der Waals surface area contributed by atoms with Crippen LogP contribution >= 0.6 is 24.0 Å². The highest BCUT2D eigenvalue weighted by Gasteiger charge is 2.58. The summed E-state index contributed by atoms with van der Waals surface area (Å²) in [5.74, 6) is 0.614. The van der Waals surface area contributed by atoms with Gasteiger partial charge in [0.25, 0.3) is 0 Å². The summed E-state index contributed by atoms with van der Waals surface area (Å²) in [6.45, 7) is 9.68. The van der Waals surface area contributed by atoms with Gasteiger partial charge in [0, 0.05) is 33.2 Å². The number of halogens is 1. The Kier molecular flexibility index (Phi) is 8.95. The first-order valence-electron chi connectivity index (χ1n) is 11.1. The maximum absolute atomic E-state index is 12.7. The molecule has 1 saturated heterocycles. The zero-order chi connectivity index (χ0) is 22.8. The average Bonchev–Trinajstić information content (AvgIpc) is 3.36. The third-order valence-corrected chi connectivity index (χ3v) is 5.94. The molecule has 3 aliphatic rings. The number of nitrogens with zero attached hydrogens (tertiary/aromatic N) is 3. The molecule has 0 aromatic heterocycles. The van der Waals surface area contributed by atoms with Crippen LogP contribution in [0.25, 0.3) is 0 Å². The Morgan fingerprint density at radius 3 is 2.31 bits per heavy atom. The third kappa shape index (κ3) is 5.93. The predicted octanol–water partition coefficient (Wildman–Crippen LogP) is 1.83. The van der Waals surface area contributed by atoms with Gasteiger partial charge in [-0.25, -0.2) is 4.79 Å². The molecule has 1 aliphatic heterocycles. The summed E-state index contributed by atoms with van der Waals surface area (Å²) in [6.07, 6.45) is 4.75. The molecule has 1 heterocycles. The normalized spacial score (nSPS) is 26.2. The second kappa shape index (κ2) is 10.8. The Labute approximate surface area is 207 Å². The Balaban J connectivity index is 0.00000363. The molecule has 0 radical (unpaired) electrons. The van der Waals surface area contributed by atoms with Crippen molar-refractivity contribution in [2.45, 2.75) is 39.7 Å². The van der Waals surface area contributed by atoms with Gasteiger partial charge in [0.1, 0.15) is 5.60 Å². The van der Waals surface area contributed by atoms with Crippen molar-refractivity contribution in [2.24, 2.45) is 28.7 Å². The van der Waals surface area contributed by atoms with Gasteiger partial charge >= 0.3 is 6.09 Å². The highest BCUT2D eigenvalue weighted by Crippen LogP contribution is 2.52. The van der Waals surface area contributed by atoms with Crippen LogP contribution in [-0.4, -0.2) is 79.0 Å². The van der Waals surface area contributed by atoms with Gasteiger partial charge in [-0.15, -0.1) is 24.0 Å². The first kappa shape index (κ1) is 26.4. The summed E-state index contributed by atoms with van der Waals surface area (Å²) in [5, 5.41) is 6.31. The molecule has 3 rings (SSSR count). The molecular weight excluding hydrogens is 525 g/mol. The molecule has 4 unspecified atom stereocenters. The van der Waals surface area contributed by atoms with Crippen molar-refractivity contribution in [3.05, 3.63) is 12.2 Å². The summed E-state index contributed by atoms with van der Waals surface area (Å²) in [4.78, 5) is 44.9. The molecule has 2 N–H and O–H groups in total. The molecule has 0 aromatic carbocycles. The van der Waals surface area contributed by atoms with Crippen LogP contribution < -0.4 is 10.6 Å². The van der Waals surface area contributed by atoms with E-state index in [2.05, 4.69) is 27.8 Å². The van der Waals surface area contributed by atoms with Gasteiger partial charge in [-0.3, -0.25) is 19.5 Å². The van der Waals surface area contributed by atoms with Gasteiger partial charge in [-0.2, -0.15) is 0 Å². The van der Waals surface area contributed by atoms with Crippen molar-refractivity contribution < 1.29 is 19.1 Å². The number of rotatable bonds is 7. The first-order valence-corrected chi connectivity index (χ1v) is 11.1. The van der Waals surface area contributed by atoms with Crippen molar-refractivity contribution in [3.8, 4) is 0 Å². The maximum Gasteiger partial charge on any atom is 0.410 e. The summed E-state index contributed by atoms with van der Waals surface area (Å²) >= 11 is 0. The number of fused-ring (bicyclic) bond motifs is 5. The van der Waals surface area contributed by atoms with E-state index in [1.807, 2.05) is 27.7 Å². The highest BCUT2D eigenvalue weighted by atomic mass is 127.